The van der Waals surface area contributed by atoms with Gasteiger partial charge in [0.05, 0.1) is 37.3 Å². The lowest BCUT2D eigenvalue weighted by Crippen LogP contribution is -2.13. The van der Waals surface area contributed by atoms with Gasteiger partial charge in [0.1, 0.15) is 0 Å². The highest BCUT2D eigenvalue weighted by Crippen LogP contribution is 2.36. The Balaban J connectivity index is 1.79. The van der Waals surface area contributed by atoms with E-state index in [1.165, 1.54) is 20.3 Å². The van der Waals surface area contributed by atoms with Crippen LogP contribution in [0.15, 0.2) is 54.9 Å². The van der Waals surface area contributed by atoms with Crippen molar-refractivity contribution in [1.29, 1.82) is 0 Å². The minimum atomic E-state index is -0.357. The summed E-state index contributed by atoms with van der Waals surface area (Å²) in [6, 6.07) is 12.6. The Hall–Kier alpha value is -3.12. The highest BCUT2D eigenvalue weighted by molar-refractivity contribution is 6.32. The molecule has 2 aromatic carbocycles. The summed E-state index contributed by atoms with van der Waals surface area (Å²) >= 11 is 6.14. The Bertz CT molecular complexity index is 915. The number of ether oxygens (including phenoxy) is 2. The molecule has 1 N–H and O–H groups in total. The lowest BCUT2D eigenvalue weighted by Gasteiger charge is -2.12. The van der Waals surface area contributed by atoms with Crippen molar-refractivity contribution in [2.75, 3.05) is 19.5 Å². The van der Waals surface area contributed by atoms with Gasteiger partial charge in [0.25, 0.3) is 5.91 Å². The Morgan fingerprint density at radius 1 is 1.04 bits per heavy atom. The average Bonchev–Trinajstić information content (AvgIpc) is 2.68. The number of nitrogens with one attached hydrogen (secondary N) is 1. The van der Waals surface area contributed by atoms with Crippen molar-refractivity contribution in [3.63, 3.8) is 0 Å². The molecule has 6 nitrogen and oxygen atoms in total. The number of rotatable bonds is 5. The maximum absolute atomic E-state index is 12.5. The molecule has 132 valence electrons. The molecule has 1 heterocycles. The number of amides is 1. The van der Waals surface area contributed by atoms with Crippen molar-refractivity contribution < 1.29 is 14.3 Å². The molecule has 0 spiro atoms. The summed E-state index contributed by atoms with van der Waals surface area (Å²) in [6.45, 7) is 0. The molecule has 0 fully saturated rings. The molecule has 3 rings (SSSR count). The first-order valence-corrected chi connectivity index (χ1v) is 8.10. The predicted octanol–water partition coefficient (Wildman–Crippen LogP) is 4.07. The minimum absolute atomic E-state index is 0.285. The smallest absolute Gasteiger partial charge is 0.255 e. The fraction of sp³-hybridized carbons (Fsp3) is 0.105. The van der Waals surface area contributed by atoms with Crippen LogP contribution in [0.1, 0.15) is 10.4 Å². The molecule has 0 aliphatic rings. The van der Waals surface area contributed by atoms with E-state index in [9.17, 15) is 4.79 Å². The zero-order valence-corrected chi connectivity index (χ0v) is 14.9. The number of aromatic nitrogens is 2. The van der Waals surface area contributed by atoms with E-state index < -0.39 is 0 Å². The summed E-state index contributed by atoms with van der Waals surface area (Å²) in [4.78, 5) is 21.0. The largest absolute Gasteiger partial charge is 0.493 e. The van der Waals surface area contributed by atoms with E-state index in [0.717, 1.165) is 5.56 Å². The first-order chi connectivity index (χ1) is 12.6. The van der Waals surface area contributed by atoms with Crippen molar-refractivity contribution in [2.45, 2.75) is 0 Å². The number of anilines is 1. The van der Waals surface area contributed by atoms with Crippen LogP contribution in [-0.4, -0.2) is 30.1 Å². The summed E-state index contributed by atoms with van der Waals surface area (Å²) in [5.41, 5.74) is 1.71. The number of carbonyl (C=O) groups is 1. The molecule has 0 bridgehead atoms. The third-order valence-corrected chi connectivity index (χ3v) is 3.92. The maximum Gasteiger partial charge on any atom is 0.255 e. The topological polar surface area (TPSA) is 73.3 Å². The molecular weight excluding hydrogens is 354 g/mol. The molecule has 0 atom stereocenters. The zero-order chi connectivity index (χ0) is 18.5. The molecule has 1 aromatic heterocycles. The van der Waals surface area contributed by atoms with Crippen LogP contribution in [0.5, 0.6) is 11.5 Å². The van der Waals surface area contributed by atoms with Gasteiger partial charge in [-0.1, -0.05) is 41.9 Å². The second kappa shape index (κ2) is 7.84. The van der Waals surface area contributed by atoms with Gasteiger partial charge in [-0.25, -0.2) is 9.97 Å². The summed E-state index contributed by atoms with van der Waals surface area (Å²) in [6.07, 6.45) is 3.10. The highest BCUT2D eigenvalue weighted by Gasteiger charge is 2.15. The first kappa shape index (κ1) is 17.7. The number of hydrogen-bond donors (Lipinski definition) is 1. The number of methoxy groups -OCH3 is 2. The average molecular weight is 370 g/mol. The molecule has 0 saturated carbocycles. The van der Waals surface area contributed by atoms with Gasteiger partial charge >= 0.3 is 0 Å². The number of halogens is 1. The second-order valence-corrected chi connectivity index (χ2v) is 5.72. The van der Waals surface area contributed by atoms with Crippen molar-refractivity contribution in [3.8, 4) is 22.9 Å². The summed E-state index contributed by atoms with van der Waals surface area (Å²) in [5.74, 6) is 0.976. The fourth-order valence-electron chi connectivity index (χ4n) is 2.38. The Morgan fingerprint density at radius 2 is 1.73 bits per heavy atom. The Morgan fingerprint density at radius 3 is 2.35 bits per heavy atom. The van der Waals surface area contributed by atoms with E-state index in [1.807, 2.05) is 30.3 Å². The molecule has 1 amide bonds. The van der Waals surface area contributed by atoms with Gasteiger partial charge in [-0.3, -0.25) is 4.79 Å². The number of carbonyl (C=O) groups excluding carboxylic acids is 1. The van der Waals surface area contributed by atoms with Crippen molar-refractivity contribution in [3.05, 3.63) is 65.4 Å². The van der Waals surface area contributed by atoms with Crippen LogP contribution in [0.3, 0.4) is 0 Å². The third kappa shape index (κ3) is 3.75. The summed E-state index contributed by atoms with van der Waals surface area (Å²) in [5, 5.41) is 3.02. The molecule has 3 aromatic rings. The zero-order valence-electron chi connectivity index (χ0n) is 14.2. The van der Waals surface area contributed by atoms with E-state index >= 15 is 0 Å². The van der Waals surface area contributed by atoms with Crippen LogP contribution in [0.4, 0.5) is 5.69 Å². The van der Waals surface area contributed by atoms with Gasteiger partial charge < -0.3 is 14.8 Å². The van der Waals surface area contributed by atoms with Gasteiger partial charge in [0.2, 0.25) is 0 Å². The molecule has 0 aliphatic heterocycles. The lowest BCUT2D eigenvalue weighted by molar-refractivity contribution is 0.102. The van der Waals surface area contributed by atoms with Crippen molar-refractivity contribution in [1.82, 2.24) is 9.97 Å². The van der Waals surface area contributed by atoms with Crippen molar-refractivity contribution in [2.24, 2.45) is 0 Å². The van der Waals surface area contributed by atoms with Crippen LogP contribution in [0.25, 0.3) is 11.4 Å². The molecular formula is C19H16ClN3O3. The maximum atomic E-state index is 12.5. The Labute approximate surface area is 155 Å². The third-order valence-electron chi connectivity index (χ3n) is 3.64. The van der Waals surface area contributed by atoms with Crippen LogP contribution >= 0.6 is 11.6 Å². The standard InChI is InChI=1S/C19H16ClN3O3/c1-25-16-9-13(8-15(20)17(16)26-2)19(24)23-14-10-21-18(22-11-14)12-6-4-3-5-7-12/h3-11H,1-2H3,(H,23,24). The Kier molecular flexibility index (Phi) is 5.34. The normalized spacial score (nSPS) is 10.3. The summed E-state index contributed by atoms with van der Waals surface area (Å²) < 4.78 is 10.4. The van der Waals surface area contributed by atoms with Crippen molar-refractivity contribution >= 4 is 23.2 Å². The molecule has 0 radical (unpaired) electrons. The lowest BCUT2D eigenvalue weighted by atomic mass is 10.2. The van der Waals surface area contributed by atoms with Crippen LogP contribution in [0, 0.1) is 0 Å². The quantitative estimate of drug-likeness (QED) is 0.734. The van der Waals surface area contributed by atoms with E-state index in [2.05, 4.69) is 15.3 Å². The van der Waals surface area contributed by atoms with E-state index in [1.54, 1.807) is 18.5 Å². The molecule has 26 heavy (non-hydrogen) atoms. The second-order valence-electron chi connectivity index (χ2n) is 5.31. The van der Waals surface area contributed by atoms with Gasteiger partial charge in [0.15, 0.2) is 17.3 Å². The molecule has 0 unspecified atom stereocenters. The van der Waals surface area contributed by atoms with Gasteiger partial charge in [-0.15, -0.1) is 0 Å². The number of nitrogens with zero attached hydrogens (tertiary/aromatic N) is 2. The summed E-state index contributed by atoms with van der Waals surface area (Å²) in [7, 11) is 2.96. The number of hydrogen-bond acceptors (Lipinski definition) is 5. The van der Waals surface area contributed by atoms with E-state index in [4.69, 9.17) is 21.1 Å². The van der Waals surface area contributed by atoms with Crippen LogP contribution < -0.4 is 14.8 Å². The fourth-order valence-corrected chi connectivity index (χ4v) is 2.67. The minimum Gasteiger partial charge on any atom is -0.493 e. The van der Waals surface area contributed by atoms with E-state index in [0.29, 0.717) is 28.6 Å². The van der Waals surface area contributed by atoms with Gasteiger partial charge in [0, 0.05) is 11.1 Å². The predicted molar refractivity (Wildman–Crippen MR) is 100.0 cm³/mol. The molecule has 7 heteroatoms. The van der Waals surface area contributed by atoms with Crippen LogP contribution in [-0.2, 0) is 0 Å². The van der Waals surface area contributed by atoms with Gasteiger partial charge in [-0.05, 0) is 12.1 Å². The molecule has 0 saturated heterocycles. The van der Waals surface area contributed by atoms with Gasteiger partial charge in [-0.2, -0.15) is 0 Å². The SMILES string of the molecule is COc1cc(C(=O)Nc2cnc(-c3ccccc3)nc2)cc(Cl)c1OC. The number of benzene rings is 2. The highest BCUT2D eigenvalue weighted by atomic mass is 35.5. The monoisotopic (exact) mass is 369 g/mol. The first-order valence-electron chi connectivity index (χ1n) is 7.72. The van der Waals surface area contributed by atoms with E-state index in [-0.39, 0.29) is 10.9 Å². The van der Waals surface area contributed by atoms with Crippen LogP contribution in [0.2, 0.25) is 5.02 Å². The molecule has 0 aliphatic carbocycles.